The second-order valence-electron chi connectivity index (χ2n) is 6.68. The van der Waals surface area contributed by atoms with Crippen molar-refractivity contribution in [2.75, 3.05) is 34.8 Å². The largest absolute Gasteiger partial charge is 0.461 e. The molecule has 0 aromatic rings. The van der Waals surface area contributed by atoms with Gasteiger partial charge in [-0.1, -0.05) is 25.5 Å². The first-order valence-electron chi connectivity index (χ1n) is 8.75. The lowest BCUT2D eigenvalue weighted by Gasteiger charge is -2.33. The summed E-state index contributed by atoms with van der Waals surface area (Å²) in [6.45, 7) is 3.58. The smallest absolute Gasteiger partial charge is 0.308 e. The number of hydrogen-bond acceptors (Lipinski definition) is 5. The van der Waals surface area contributed by atoms with Crippen molar-refractivity contribution in [3.63, 3.8) is 0 Å². The lowest BCUT2D eigenvalue weighted by atomic mass is 9.96. The van der Waals surface area contributed by atoms with Gasteiger partial charge in [-0.25, -0.2) is 0 Å². The van der Waals surface area contributed by atoms with Crippen LogP contribution in [-0.2, 0) is 19.1 Å². The molecule has 0 aliphatic heterocycles. The molecular weight excluding hydrogens is 322 g/mol. The van der Waals surface area contributed by atoms with E-state index in [1.54, 1.807) is 28.2 Å². The molecule has 1 N–H and O–H groups in total. The van der Waals surface area contributed by atoms with Crippen molar-refractivity contribution >= 4 is 17.8 Å². The normalized spacial score (nSPS) is 16.8. The van der Waals surface area contributed by atoms with E-state index in [2.05, 4.69) is 11.9 Å². The van der Waals surface area contributed by atoms with Gasteiger partial charge in [0, 0.05) is 21.1 Å². The molecule has 1 aliphatic rings. The maximum atomic E-state index is 12.9. The highest BCUT2D eigenvalue weighted by Crippen LogP contribution is 2.28. The van der Waals surface area contributed by atoms with Crippen LogP contribution in [0.5, 0.6) is 0 Å². The summed E-state index contributed by atoms with van der Waals surface area (Å²) in [5.74, 6) is -0.719. The van der Waals surface area contributed by atoms with E-state index in [-0.39, 0.29) is 36.8 Å². The molecular formula is C18H31N3O4. The van der Waals surface area contributed by atoms with Crippen LogP contribution in [0.3, 0.4) is 0 Å². The van der Waals surface area contributed by atoms with Gasteiger partial charge < -0.3 is 19.9 Å². The number of carbonyl (C=O) groups excluding carboxylic acids is 3. The number of nitrogens with one attached hydrogen (secondary N) is 1. The zero-order valence-electron chi connectivity index (χ0n) is 15.8. The van der Waals surface area contributed by atoms with E-state index < -0.39 is 12.0 Å². The molecule has 25 heavy (non-hydrogen) atoms. The van der Waals surface area contributed by atoms with Crippen LogP contribution in [0.25, 0.3) is 0 Å². The molecule has 1 aliphatic carbocycles. The minimum atomic E-state index is -0.878. The number of ether oxygens (including phenoxy) is 1. The molecule has 0 heterocycles. The lowest BCUT2D eigenvalue weighted by Crippen LogP contribution is -2.55. The van der Waals surface area contributed by atoms with Gasteiger partial charge in [-0.05, 0) is 25.8 Å². The van der Waals surface area contributed by atoms with Gasteiger partial charge in [0.15, 0.2) is 0 Å². The van der Waals surface area contributed by atoms with Crippen molar-refractivity contribution in [3.05, 3.63) is 12.7 Å². The number of amides is 2. The van der Waals surface area contributed by atoms with E-state index in [4.69, 9.17) is 4.74 Å². The summed E-state index contributed by atoms with van der Waals surface area (Å²) in [7, 11) is 6.55. The second-order valence-corrected chi connectivity index (χ2v) is 6.68. The maximum absolute atomic E-state index is 12.9. The van der Waals surface area contributed by atoms with Gasteiger partial charge in [0.1, 0.15) is 12.6 Å². The molecule has 0 radical (unpaired) electrons. The van der Waals surface area contributed by atoms with Gasteiger partial charge in [0.25, 0.3) is 0 Å². The molecule has 7 nitrogen and oxygen atoms in total. The minimum absolute atomic E-state index is 0.0839. The SMILES string of the molecule is C=CCOC(=O)C[C@@H](C(=O)N(C)C)N(C)C(=O)[C@@H](NC)C1CCCC1. The average molecular weight is 353 g/mol. The minimum Gasteiger partial charge on any atom is -0.461 e. The molecule has 7 heteroatoms. The topological polar surface area (TPSA) is 79.0 Å². The Morgan fingerprint density at radius 2 is 1.80 bits per heavy atom. The van der Waals surface area contributed by atoms with Gasteiger partial charge in [-0.3, -0.25) is 14.4 Å². The molecule has 2 atom stereocenters. The first-order valence-corrected chi connectivity index (χ1v) is 8.75. The highest BCUT2D eigenvalue weighted by Gasteiger charge is 2.37. The fourth-order valence-electron chi connectivity index (χ4n) is 3.28. The Bertz CT molecular complexity index is 487. The van der Waals surface area contributed by atoms with Crippen LogP contribution in [0, 0.1) is 5.92 Å². The number of esters is 1. The van der Waals surface area contributed by atoms with Crippen molar-refractivity contribution in [1.29, 1.82) is 0 Å². The van der Waals surface area contributed by atoms with Crippen LogP contribution in [0.4, 0.5) is 0 Å². The first-order chi connectivity index (χ1) is 11.8. The number of likely N-dealkylation sites (N-methyl/N-ethyl adjacent to an activating group) is 3. The lowest BCUT2D eigenvalue weighted by molar-refractivity contribution is -0.152. The number of nitrogens with zero attached hydrogens (tertiary/aromatic N) is 2. The van der Waals surface area contributed by atoms with Crippen LogP contribution in [0.1, 0.15) is 32.1 Å². The van der Waals surface area contributed by atoms with Crippen molar-refractivity contribution < 1.29 is 19.1 Å². The van der Waals surface area contributed by atoms with E-state index in [1.165, 1.54) is 15.9 Å². The molecule has 0 aromatic carbocycles. The third-order valence-electron chi connectivity index (χ3n) is 4.71. The number of rotatable bonds is 9. The Kier molecular flexibility index (Phi) is 8.61. The van der Waals surface area contributed by atoms with Crippen LogP contribution in [-0.4, -0.2) is 74.5 Å². The standard InChI is InChI=1S/C18H31N3O4/c1-6-11-25-15(22)12-14(17(23)20(3)4)21(5)18(24)16(19-2)13-9-7-8-10-13/h6,13-14,16,19H,1,7-12H2,2-5H3/t14-,16-/m0/s1. The molecule has 1 saturated carbocycles. The van der Waals surface area contributed by atoms with Crippen molar-refractivity contribution in [2.45, 2.75) is 44.2 Å². The summed E-state index contributed by atoms with van der Waals surface area (Å²) in [4.78, 5) is 40.2. The summed E-state index contributed by atoms with van der Waals surface area (Å²) in [5.41, 5.74) is 0. The monoisotopic (exact) mass is 353 g/mol. The highest BCUT2D eigenvalue weighted by atomic mass is 16.5. The molecule has 0 aromatic heterocycles. The summed E-state index contributed by atoms with van der Waals surface area (Å²) >= 11 is 0. The third kappa shape index (κ3) is 5.85. The quantitative estimate of drug-likeness (QED) is 0.490. The molecule has 2 amide bonds. The van der Waals surface area contributed by atoms with E-state index in [0.29, 0.717) is 0 Å². The summed E-state index contributed by atoms with van der Waals surface area (Å²) in [6, 6.07) is -1.22. The Morgan fingerprint density at radius 3 is 2.28 bits per heavy atom. The molecule has 142 valence electrons. The highest BCUT2D eigenvalue weighted by molar-refractivity contribution is 5.92. The second kappa shape index (κ2) is 10.2. The Balaban J connectivity index is 2.90. The van der Waals surface area contributed by atoms with Crippen molar-refractivity contribution in [1.82, 2.24) is 15.1 Å². The third-order valence-corrected chi connectivity index (χ3v) is 4.71. The Morgan fingerprint density at radius 1 is 1.20 bits per heavy atom. The summed E-state index contributed by atoms with van der Waals surface area (Å²) in [5, 5.41) is 3.09. The van der Waals surface area contributed by atoms with Crippen molar-refractivity contribution in [3.8, 4) is 0 Å². The molecule has 0 saturated heterocycles. The summed E-state index contributed by atoms with van der Waals surface area (Å²) in [6.07, 6.45) is 5.53. The van der Waals surface area contributed by atoms with Crippen LogP contribution >= 0.6 is 0 Å². The van der Waals surface area contributed by atoms with Crippen LogP contribution in [0.15, 0.2) is 12.7 Å². The molecule has 0 bridgehead atoms. The average Bonchev–Trinajstić information content (AvgIpc) is 3.11. The van der Waals surface area contributed by atoms with E-state index in [0.717, 1.165) is 25.7 Å². The molecule has 0 spiro atoms. The van der Waals surface area contributed by atoms with Crippen LogP contribution in [0.2, 0.25) is 0 Å². The zero-order valence-corrected chi connectivity index (χ0v) is 15.8. The predicted octanol–water partition coefficient (Wildman–Crippen LogP) is 0.799. The summed E-state index contributed by atoms with van der Waals surface area (Å²) < 4.78 is 4.99. The fraction of sp³-hybridized carbons (Fsp3) is 0.722. The first kappa shape index (κ1) is 21.2. The van der Waals surface area contributed by atoms with Gasteiger partial charge in [0.05, 0.1) is 12.5 Å². The molecule has 1 fully saturated rings. The predicted molar refractivity (Wildman–Crippen MR) is 95.8 cm³/mol. The number of carbonyl (C=O) groups is 3. The Labute approximate surface area is 150 Å². The fourth-order valence-corrected chi connectivity index (χ4v) is 3.28. The zero-order chi connectivity index (χ0) is 19.0. The van der Waals surface area contributed by atoms with Gasteiger partial charge in [0.2, 0.25) is 11.8 Å². The van der Waals surface area contributed by atoms with Crippen LogP contribution < -0.4 is 5.32 Å². The van der Waals surface area contributed by atoms with E-state index >= 15 is 0 Å². The van der Waals surface area contributed by atoms with Gasteiger partial charge in [-0.15, -0.1) is 0 Å². The van der Waals surface area contributed by atoms with E-state index in [1.807, 2.05) is 0 Å². The van der Waals surface area contributed by atoms with Gasteiger partial charge >= 0.3 is 5.97 Å². The molecule has 1 rings (SSSR count). The van der Waals surface area contributed by atoms with Gasteiger partial charge in [-0.2, -0.15) is 0 Å². The van der Waals surface area contributed by atoms with E-state index in [9.17, 15) is 14.4 Å². The number of hydrogen-bond donors (Lipinski definition) is 1. The maximum Gasteiger partial charge on any atom is 0.308 e. The Hall–Kier alpha value is -1.89. The van der Waals surface area contributed by atoms with Crippen molar-refractivity contribution in [2.24, 2.45) is 5.92 Å². The molecule has 0 unspecified atom stereocenters.